The Kier molecular flexibility index (Phi) is 2.78. The van der Waals surface area contributed by atoms with Crippen molar-refractivity contribution in [3.8, 4) is 0 Å². The fourth-order valence-corrected chi connectivity index (χ4v) is 1.43. The van der Waals surface area contributed by atoms with Crippen molar-refractivity contribution >= 4 is 12.2 Å². The van der Waals surface area contributed by atoms with Crippen molar-refractivity contribution in [1.82, 2.24) is 4.90 Å². The summed E-state index contributed by atoms with van der Waals surface area (Å²) in [5, 5.41) is 0. The van der Waals surface area contributed by atoms with Crippen molar-refractivity contribution in [3.05, 3.63) is 0 Å². The number of rotatable bonds is 2. The third-order valence-corrected chi connectivity index (χ3v) is 2.07. The Hall–Kier alpha value is -0.930. The molecule has 0 N–H and O–H groups in total. The number of hydrogen-bond donors (Lipinski definition) is 0. The van der Waals surface area contributed by atoms with Gasteiger partial charge in [-0.15, -0.1) is 0 Å². The summed E-state index contributed by atoms with van der Waals surface area (Å²) in [6, 6.07) is -0.535. The minimum Gasteiger partial charge on any atom is -0.330 e. The van der Waals surface area contributed by atoms with E-state index in [-0.39, 0.29) is 18.9 Å². The summed E-state index contributed by atoms with van der Waals surface area (Å²) in [5.74, 6) is -0.146. The molecule has 0 aromatic rings. The zero-order valence-electron chi connectivity index (χ0n) is 7.00. The van der Waals surface area contributed by atoms with Gasteiger partial charge in [-0.1, -0.05) is 6.92 Å². The molecule has 1 fully saturated rings. The molecule has 0 unspecified atom stereocenters. The molecule has 1 amide bonds. The molecule has 68 valence electrons. The molecule has 0 aromatic heterocycles. The lowest BCUT2D eigenvalue weighted by Crippen LogP contribution is -2.36. The average Bonchev–Trinajstić information content (AvgIpc) is 2.45. The maximum atomic E-state index is 12.8. The number of hydrogen-bond acceptors (Lipinski definition) is 2. The van der Waals surface area contributed by atoms with Crippen LogP contribution in [-0.2, 0) is 9.59 Å². The number of carbonyl (C=O) groups is 2. The summed E-state index contributed by atoms with van der Waals surface area (Å²) in [6.45, 7) is 1.78. The van der Waals surface area contributed by atoms with E-state index in [4.69, 9.17) is 0 Å². The van der Waals surface area contributed by atoms with Crippen LogP contribution in [-0.4, -0.2) is 35.9 Å². The fourth-order valence-electron chi connectivity index (χ4n) is 1.43. The molecule has 1 aliphatic heterocycles. The van der Waals surface area contributed by atoms with Gasteiger partial charge in [0.05, 0.1) is 12.6 Å². The van der Waals surface area contributed by atoms with Crippen LogP contribution in [0.4, 0.5) is 4.39 Å². The normalized spacial score (nSPS) is 29.0. The monoisotopic (exact) mass is 173 g/mol. The van der Waals surface area contributed by atoms with Crippen molar-refractivity contribution in [3.63, 3.8) is 0 Å². The Morgan fingerprint density at radius 1 is 1.75 bits per heavy atom. The van der Waals surface area contributed by atoms with Crippen LogP contribution in [0.1, 0.15) is 19.8 Å². The lowest BCUT2D eigenvalue weighted by Gasteiger charge is -2.18. The molecule has 0 spiro atoms. The van der Waals surface area contributed by atoms with Crippen molar-refractivity contribution < 1.29 is 14.0 Å². The number of likely N-dealkylation sites (tertiary alicyclic amines) is 1. The molecule has 0 aliphatic carbocycles. The van der Waals surface area contributed by atoms with Crippen LogP contribution in [0.5, 0.6) is 0 Å². The van der Waals surface area contributed by atoms with E-state index in [1.165, 1.54) is 4.90 Å². The Morgan fingerprint density at radius 2 is 2.42 bits per heavy atom. The van der Waals surface area contributed by atoms with Gasteiger partial charge in [-0.05, 0) is 0 Å². The van der Waals surface area contributed by atoms with Gasteiger partial charge in [0.2, 0.25) is 5.91 Å². The first-order chi connectivity index (χ1) is 5.69. The molecule has 1 heterocycles. The van der Waals surface area contributed by atoms with Crippen LogP contribution in [0.3, 0.4) is 0 Å². The van der Waals surface area contributed by atoms with Crippen molar-refractivity contribution in [1.29, 1.82) is 0 Å². The third kappa shape index (κ3) is 1.62. The molecule has 0 radical (unpaired) electrons. The first-order valence-electron chi connectivity index (χ1n) is 4.07. The average molecular weight is 173 g/mol. The molecule has 1 saturated heterocycles. The first kappa shape index (κ1) is 9.16. The molecule has 1 rings (SSSR count). The summed E-state index contributed by atoms with van der Waals surface area (Å²) in [4.78, 5) is 22.9. The molecule has 0 aromatic carbocycles. The molecular formula is C8H12FNO2. The zero-order valence-corrected chi connectivity index (χ0v) is 7.00. The van der Waals surface area contributed by atoms with E-state index in [2.05, 4.69) is 0 Å². The van der Waals surface area contributed by atoms with Gasteiger partial charge in [-0.25, -0.2) is 4.39 Å². The predicted molar refractivity (Wildman–Crippen MR) is 41.4 cm³/mol. The summed E-state index contributed by atoms with van der Waals surface area (Å²) in [5.41, 5.74) is 0. The van der Waals surface area contributed by atoms with Gasteiger partial charge in [0.15, 0.2) is 0 Å². The second kappa shape index (κ2) is 3.65. The Labute approximate surface area is 70.5 Å². The number of carbonyl (C=O) groups excluding carboxylic acids is 2. The minimum atomic E-state index is -1.03. The van der Waals surface area contributed by atoms with Gasteiger partial charge in [-0.2, -0.15) is 0 Å². The number of nitrogens with zero attached hydrogens (tertiary/aromatic N) is 1. The number of alkyl halides is 1. The summed E-state index contributed by atoms with van der Waals surface area (Å²) in [6.07, 6.45) is 0.107. The molecule has 12 heavy (non-hydrogen) atoms. The number of aldehydes is 1. The van der Waals surface area contributed by atoms with Gasteiger partial charge in [0.25, 0.3) is 0 Å². The van der Waals surface area contributed by atoms with Gasteiger partial charge in [-0.3, -0.25) is 4.79 Å². The lowest BCUT2D eigenvalue weighted by atomic mass is 10.2. The topological polar surface area (TPSA) is 37.4 Å². The second-order valence-electron chi connectivity index (χ2n) is 2.94. The van der Waals surface area contributed by atoms with E-state index in [9.17, 15) is 14.0 Å². The largest absolute Gasteiger partial charge is 0.330 e. The van der Waals surface area contributed by atoms with Gasteiger partial charge in [0, 0.05) is 12.8 Å². The van der Waals surface area contributed by atoms with Crippen LogP contribution >= 0.6 is 0 Å². The molecule has 0 bridgehead atoms. The highest BCUT2D eigenvalue weighted by Crippen LogP contribution is 2.19. The molecule has 3 nitrogen and oxygen atoms in total. The van der Waals surface area contributed by atoms with E-state index in [0.717, 1.165) is 0 Å². The van der Waals surface area contributed by atoms with Crippen molar-refractivity contribution in [2.45, 2.75) is 32.0 Å². The quantitative estimate of drug-likeness (QED) is 0.571. The van der Waals surface area contributed by atoms with Crippen molar-refractivity contribution in [2.75, 3.05) is 6.54 Å². The Bertz CT molecular complexity index is 195. The second-order valence-corrected chi connectivity index (χ2v) is 2.94. The van der Waals surface area contributed by atoms with Crippen LogP contribution < -0.4 is 0 Å². The zero-order chi connectivity index (χ0) is 9.14. The predicted octanol–water partition coefficient (Wildman–Crippen LogP) is 0.534. The van der Waals surface area contributed by atoms with E-state index < -0.39 is 12.2 Å². The SMILES string of the molecule is CCC(=O)N1C[C@@H](F)C[C@H]1C=O. The Morgan fingerprint density at radius 3 is 2.92 bits per heavy atom. The van der Waals surface area contributed by atoms with Crippen LogP contribution in [0.15, 0.2) is 0 Å². The highest BCUT2D eigenvalue weighted by atomic mass is 19.1. The smallest absolute Gasteiger partial charge is 0.222 e. The third-order valence-electron chi connectivity index (χ3n) is 2.07. The van der Waals surface area contributed by atoms with Gasteiger partial charge in [0.1, 0.15) is 12.5 Å². The Balaban J connectivity index is 2.63. The highest BCUT2D eigenvalue weighted by Gasteiger charge is 2.33. The molecule has 4 heteroatoms. The van der Waals surface area contributed by atoms with E-state index >= 15 is 0 Å². The van der Waals surface area contributed by atoms with Crippen LogP contribution in [0, 0.1) is 0 Å². The van der Waals surface area contributed by atoms with Gasteiger partial charge >= 0.3 is 0 Å². The maximum Gasteiger partial charge on any atom is 0.222 e. The van der Waals surface area contributed by atoms with E-state index in [1.807, 2.05) is 0 Å². The molecule has 0 saturated carbocycles. The molecular weight excluding hydrogens is 161 g/mol. The molecule has 1 aliphatic rings. The number of halogens is 1. The first-order valence-corrected chi connectivity index (χ1v) is 4.07. The van der Waals surface area contributed by atoms with E-state index in [0.29, 0.717) is 12.7 Å². The molecule has 2 atom stereocenters. The number of amides is 1. The fraction of sp³-hybridized carbons (Fsp3) is 0.750. The van der Waals surface area contributed by atoms with Crippen LogP contribution in [0.25, 0.3) is 0 Å². The van der Waals surface area contributed by atoms with E-state index in [1.54, 1.807) is 6.92 Å². The summed E-state index contributed by atoms with van der Waals surface area (Å²) < 4.78 is 12.8. The minimum absolute atomic E-state index is 0.0794. The van der Waals surface area contributed by atoms with Crippen molar-refractivity contribution in [2.24, 2.45) is 0 Å². The lowest BCUT2D eigenvalue weighted by molar-refractivity contribution is -0.134. The summed E-state index contributed by atoms with van der Waals surface area (Å²) in [7, 11) is 0. The van der Waals surface area contributed by atoms with Gasteiger partial charge < -0.3 is 9.69 Å². The standard InChI is InChI=1S/C8H12FNO2/c1-2-8(12)10-4-6(9)3-7(10)5-11/h5-7H,2-4H2,1H3/t6-,7-/m0/s1. The van der Waals surface area contributed by atoms with Crippen LogP contribution in [0.2, 0.25) is 0 Å². The highest BCUT2D eigenvalue weighted by molar-refractivity contribution is 5.80. The maximum absolute atomic E-state index is 12.8. The summed E-state index contributed by atoms with van der Waals surface area (Å²) >= 11 is 0.